The van der Waals surface area contributed by atoms with E-state index >= 15 is 0 Å². The molecular formula is C9H19NO5S. The van der Waals surface area contributed by atoms with E-state index in [-0.39, 0.29) is 18.7 Å². The number of aliphatic carboxylic acids is 1. The van der Waals surface area contributed by atoms with E-state index < -0.39 is 27.5 Å². The molecule has 0 heterocycles. The van der Waals surface area contributed by atoms with Gasteiger partial charge in [0.05, 0.1) is 5.75 Å². The molecule has 0 aromatic carbocycles. The molecule has 0 spiro atoms. The Hall–Kier alpha value is -0.660. The van der Waals surface area contributed by atoms with E-state index in [9.17, 15) is 13.2 Å². The normalized spacial score (nSPS) is 14.8. The third kappa shape index (κ3) is 6.76. The van der Waals surface area contributed by atoms with E-state index in [1.165, 1.54) is 0 Å². The van der Waals surface area contributed by atoms with E-state index in [1.54, 1.807) is 20.8 Å². The SMILES string of the molecule is CC(C)(C)[C@H](NCCCS(=O)(=O)O)C(=O)O. The van der Waals surface area contributed by atoms with Crippen LogP contribution in [0.25, 0.3) is 0 Å². The van der Waals surface area contributed by atoms with Crippen molar-refractivity contribution < 1.29 is 22.9 Å². The van der Waals surface area contributed by atoms with Crippen LogP contribution in [0.4, 0.5) is 0 Å². The van der Waals surface area contributed by atoms with E-state index in [4.69, 9.17) is 9.66 Å². The Morgan fingerprint density at radius 2 is 1.88 bits per heavy atom. The van der Waals surface area contributed by atoms with Crippen molar-refractivity contribution in [2.24, 2.45) is 5.41 Å². The van der Waals surface area contributed by atoms with E-state index in [0.29, 0.717) is 0 Å². The van der Waals surface area contributed by atoms with Gasteiger partial charge in [0, 0.05) is 0 Å². The Morgan fingerprint density at radius 1 is 1.38 bits per heavy atom. The second kappa shape index (κ2) is 5.60. The van der Waals surface area contributed by atoms with Crippen LogP contribution < -0.4 is 5.32 Å². The Labute approximate surface area is 95.8 Å². The summed E-state index contributed by atoms with van der Waals surface area (Å²) in [7, 11) is -3.97. The van der Waals surface area contributed by atoms with Gasteiger partial charge in [-0.3, -0.25) is 9.35 Å². The number of carbonyl (C=O) groups is 1. The zero-order valence-corrected chi connectivity index (χ0v) is 10.5. The van der Waals surface area contributed by atoms with Gasteiger partial charge in [-0.1, -0.05) is 20.8 Å². The van der Waals surface area contributed by atoms with Crippen molar-refractivity contribution in [2.75, 3.05) is 12.3 Å². The van der Waals surface area contributed by atoms with Crippen LogP contribution in [0, 0.1) is 5.41 Å². The van der Waals surface area contributed by atoms with Gasteiger partial charge in [-0.15, -0.1) is 0 Å². The van der Waals surface area contributed by atoms with Crippen molar-refractivity contribution in [3.63, 3.8) is 0 Å². The van der Waals surface area contributed by atoms with Gasteiger partial charge in [-0.25, -0.2) is 0 Å². The zero-order chi connectivity index (χ0) is 13.0. The van der Waals surface area contributed by atoms with Crippen LogP contribution in [-0.2, 0) is 14.9 Å². The average molecular weight is 253 g/mol. The second-order valence-corrected chi connectivity index (χ2v) is 6.30. The lowest BCUT2D eigenvalue weighted by Crippen LogP contribution is -2.47. The van der Waals surface area contributed by atoms with Crippen molar-refractivity contribution in [1.29, 1.82) is 0 Å². The first kappa shape index (κ1) is 15.3. The van der Waals surface area contributed by atoms with Gasteiger partial charge in [0.2, 0.25) is 0 Å². The third-order valence-corrected chi connectivity index (χ3v) is 2.85. The second-order valence-electron chi connectivity index (χ2n) is 4.73. The Kier molecular flexibility index (Phi) is 5.37. The molecule has 0 fully saturated rings. The lowest BCUT2D eigenvalue weighted by atomic mass is 9.87. The van der Waals surface area contributed by atoms with Crippen LogP contribution in [0.15, 0.2) is 0 Å². The summed E-state index contributed by atoms with van der Waals surface area (Å²) in [5.41, 5.74) is -0.454. The van der Waals surface area contributed by atoms with Gasteiger partial charge in [-0.05, 0) is 18.4 Å². The number of hydrogen-bond donors (Lipinski definition) is 3. The zero-order valence-electron chi connectivity index (χ0n) is 9.73. The highest BCUT2D eigenvalue weighted by Gasteiger charge is 2.30. The highest BCUT2D eigenvalue weighted by Crippen LogP contribution is 2.19. The first-order valence-electron chi connectivity index (χ1n) is 4.95. The molecular weight excluding hydrogens is 234 g/mol. The number of carboxylic acid groups (broad SMARTS) is 1. The van der Waals surface area contributed by atoms with Crippen LogP contribution in [0.1, 0.15) is 27.2 Å². The molecule has 0 saturated heterocycles. The monoisotopic (exact) mass is 253 g/mol. The Balaban J connectivity index is 4.12. The van der Waals surface area contributed by atoms with Gasteiger partial charge >= 0.3 is 5.97 Å². The summed E-state index contributed by atoms with van der Waals surface area (Å²) < 4.78 is 29.3. The van der Waals surface area contributed by atoms with Crippen molar-refractivity contribution in [3.05, 3.63) is 0 Å². The van der Waals surface area contributed by atoms with Gasteiger partial charge in [-0.2, -0.15) is 8.42 Å². The fourth-order valence-electron chi connectivity index (χ4n) is 1.26. The quantitative estimate of drug-likeness (QED) is 0.466. The number of carboxylic acids is 1. The van der Waals surface area contributed by atoms with E-state index in [1.807, 2.05) is 0 Å². The number of nitrogens with one attached hydrogen (secondary N) is 1. The summed E-state index contributed by atoms with van der Waals surface area (Å²) in [6, 6.07) is -0.742. The molecule has 0 aromatic heterocycles. The van der Waals surface area contributed by atoms with Crippen LogP contribution in [-0.4, -0.2) is 42.4 Å². The van der Waals surface area contributed by atoms with Crippen molar-refractivity contribution in [1.82, 2.24) is 5.32 Å². The highest BCUT2D eigenvalue weighted by molar-refractivity contribution is 7.85. The van der Waals surface area contributed by atoms with E-state index in [0.717, 1.165) is 0 Å². The van der Waals surface area contributed by atoms with Gasteiger partial charge in [0.25, 0.3) is 10.1 Å². The number of hydrogen-bond acceptors (Lipinski definition) is 4. The first-order valence-corrected chi connectivity index (χ1v) is 6.56. The third-order valence-electron chi connectivity index (χ3n) is 2.04. The molecule has 0 unspecified atom stereocenters. The lowest BCUT2D eigenvalue weighted by molar-refractivity contribution is -0.142. The predicted octanol–water partition coefficient (Wildman–Crippen LogP) is 0.353. The molecule has 0 aliphatic carbocycles. The smallest absolute Gasteiger partial charge is 0.321 e. The molecule has 0 aliphatic rings. The molecule has 0 amide bonds. The molecule has 3 N–H and O–H groups in total. The molecule has 7 heteroatoms. The Bertz CT molecular complexity index is 330. The molecule has 96 valence electrons. The minimum atomic E-state index is -3.97. The van der Waals surface area contributed by atoms with Gasteiger partial charge in [0.1, 0.15) is 6.04 Å². The predicted molar refractivity (Wildman–Crippen MR) is 59.9 cm³/mol. The van der Waals surface area contributed by atoms with Gasteiger partial charge in [0.15, 0.2) is 0 Å². The Morgan fingerprint density at radius 3 is 2.19 bits per heavy atom. The molecule has 6 nitrogen and oxygen atoms in total. The molecule has 0 aromatic rings. The highest BCUT2D eigenvalue weighted by atomic mass is 32.2. The van der Waals surface area contributed by atoms with Crippen LogP contribution in [0.5, 0.6) is 0 Å². The topological polar surface area (TPSA) is 104 Å². The van der Waals surface area contributed by atoms with E-state index in [2.05, 4.69) is 5.32 Å². The maximum absolute atomic E-state index is 10.9. The maximum Gasteiger partial charge on any atom is 0.321 e. The van der Waals surface area contributed by atoms with Gasteiger partial charge < -0.3 is 10.4 Å². The summed E-state index contributed by atoms with van der Waals surface area (Å²) in [5, 5.41) is 11.7. The molecule has 1 atom stereocenters. The fraction of sp³-hybridized carbons (Fsp3) is 0.889. The molecule has 0 radical (unpaired) electrons. The summed E-state index contributed by atoms with van der Waals surface area (Å²) in [4.78, 5) is 10.9. The summed E-state index contributed by atoms with van der Waals surface area (Å²) >= 11 is 0. The lowest BCUT2D eigenvalue weighted by Gasteiger charge is -2.27. The molecule has 0 aliphatic heterocycles. The first-order chi connectivity index (χ1) is 7.04. The van der Waals surface area contributed by atoms with Crippen LogP contribution in [0.3, 0.4) is 0 Å². The molecule has 16 heavy (non-hydrogen) atoms. The molecule has 0 saturated carbocycles. The minimum Gasteiger partial charge on any atom is -0.480 e. The van der Waals surface area contributed by atoms with Crippen molar-refractivity contribution in [2.45, 2.75) is 33.2 Å². The molecule has 0 rings (SSSR count). The van der Waals surface area contributed by atoms with Crippen molar-refractivity contribution in [3.8, 4) is 0 Å². The summed E-state index contributed by atoms with van der Waals surface area (Å²) in [6.45, 7) is 5.57. The fourth-order valence-corrected chi connectivity index (χ4v) is 1.77. The maximum atomic E-state index is 10.9. The standard InChI is InChI=1S/C9H19NO5S/c1-9(2,3)7(8(11)12)10-5-4-6-16(13,14)15/h7,10H,4-6H2,1-3H3,(H,11,12)(H,13,14,15)/t7-/m1/s1. The summed E-state index contributed by atoms with van der Waals surface area (Å²) in [5.74, 6) is -1.34. The molecule has 0 bridgehead atoms. The largest absolute Gasteiger partial charge is 0.480 e. The summed E-state index contributed by atoms with van der Waals surface area (Å²) in [6.07, 6.45) is 0.179. The van der Waals surface area contributed by atoms with Crippen molar-refractivity contribution >= 4 is 16.1 Å². The van der Waals surface area contributed by atoms with Crippen LogP contribution in [0.2, 0.25) is 0 Å². The minimum absolute atomic E-state index is 0.179. The van der Waals surface area contributed by atoms with Crippen LogP contribution >= 0.6 is 0 Å². The average Bonchev–Trinajstić information content (AvgIpc) is 1.97. The number of rotatable bonds is 6.